The van der Waals surface area contributed by atoms with Crippen molar-refractivity contribution in [3.8, 4) is 5.75 Å². The Hall–Kier alpha value is -1.09. The molecule has 0 bridgehead atoms. The van der Waals surface area contributed by atoms with Crippen LogP contribution in [0.4, 0.5) is 4.39 Å². The molecule has 1 unspecified atom stereocenters. The standard InChI is InChI=1S/C15H24FNO/c1-4-6-7-13(17-5-2)10-12-8-9-15(18-3)14(16)11-12/h8-9,11,13,17H,4-7,10H2,1-3H3. The number of rotatable bonds is 8. The summed E-state index contributed by atoms with van der Waals surface area (Å²) in [4.78, 5) is 0. The Labute approximate surface area is 110 Å². The third-order valence-corrected chi connectivity index (χ3v) is 3.10. The number of likely N-dealkylation sites (N-methyl/N-ethyl adjacent to an activating group) is 1. The van der Waals surface area contributed by atoms with Crippen LogP contribution in [-0.4, -0.2) is 19.7 Å². The van der Waals surface area contributed by atoms with Crippen LogP contribution in [0.5, 0.6) is 5.75 Å². The molecule has 0 spiro atoms. The molecule has 1 rings (SSSR count). The number of hydrogen-bond acceptors (Lipinski definition) is 2. The zero-order valence-corrected chi connectivity index (χ0v) is 11.6. The van der Waals surface area contributed by atoms with Gasteiger partial charge in [0, 0.05) is 6.04 Å². The molecule has 102 valence electrons. The topological polar surface area (TPSA) is 21.3 Å². The van der Waals surface area contributed by atoms with Gasteiger partial charge in [0.2, 0.25) is 0 Å². The van der Waals surface area contributed by atoms with E-state index in [4.69, 9.17) is 4.74 Å². The zero-order chi connectivity index (χ0) is 13.4. The van der Waals surface area contributed by atoms with Gasteiger partial charge in [0.1, 0.15) is 0 Å². The minimum atomic E-state index is -0.277. The molecule has 0 saturated heterocycles. The van der Waals surface area contributed by atoms with Crippen molar-refractivity contribution in [1.82, 2.24) is 5.32 Å². The monoisotopic (exact) mass is 253 g/mol. The molecule has 1 aromatic carbocycles. The predicted molar refractivity (Wildman–Crippen MR) is 73.6 cm³/mol. The molecule has 0 saturated carbocycles. The van der Waals surface area contributed by atoms with Crippen molar-refractivity contribution in [1.29, 1.82) is 0 Å². The van der Waals surface area contributed by atoms with Crippen molar-refractivity contribution >= 4 is 0 Å². The lowest BCUT2D eigenvalue weighted by molar-refractivity contribution is 0.385. The van der Waals surface area contributed by atoms with Gasteiger partial charge in [-0.05, 0) is 37.1 Å². The summed E-state index contributed by atoms with van der Waals surface area (Å²) < 4.78 is 18.5. The van der Waals surface area contributed by atoms with Crippen LogP contribution in [-0.2, 0) is 6.42 Å². The third kappa shape index (κ3) is 4.65. The number of methoxy groups -OCH3 is 1. The molecule has 2 nitrogen and oxygen atoms in total. The van der Waals surface area contributed by atoms with Crippen LogP contribution in [0.25, 0.3) is 0 Å². The van der Waals surface area contributed by atoms with Crippen molar-refractivity contribution in [2.75, 3.05) is 13.7 Å². The Morgan fingerprint density at radius 3 is 2.67 bits per heavy atom. The first-order valence-corrected chi connectivity index (χ1v) is 6.77. The number of hydrogen-bond donors (Lipinski definition) is 1. The van der Waals surface area contributed by atoms with Gasteiger partial charge in [-0.1, -0.05) is 32.8 Å². The van der Waals surface area contributed by atoms with Crippen LogP contribution in [0.1, 0.15) is 38.7 Å². The number of ether oxygens (including phenoxy) is 1. The lowest BCUT2D eigenvalue weighted by Crippen LogP contribution is -2.30. The van der Waals surface area contributed by atoms with Gasteiger partial charge in [0.25, 0.3) is 0 Å². The van der Waals surface area contributed by atoms with Gasteiger partial charge >= 0.3 is 0 Å². The van der Waals surface area contributed by atoms with E-state index in [1.165, 1.54) is 20.0 Å². The Morgan fingerprint density at radius 2 is 2.11 bits per heavy atom. The van der Waals surface area contributed by atoms with E-state index in [1.54, 1.807) is 12.1 Å². The summed E-state index contributed by atoms with van der Waals surface area (Å²) in [6, 6.07) is 5.66. The van der Waals surface area contributed by atoms with Crippen molar-refractivity contribution < 1.29 is 9.13 Å². The summed E-state index contributed by atoms with van der Waals surface area (Å²) in [6.45, 7) is 5.25. The van der Waals surface area contributed by atoms with Crippen LogP contribution < -0.4 is 10.1 Å². The minimum absolute atomic E-state index is 0.277. The molecular weight excluding hydrogens is 229 g/mol. The zero-order valence-electron chi connectivity index (χ0n) is 11.6. The van der Waals surface area contributed by atoms with E-state index >= 15 is 0 Å². The smallest absolute Gasteiger partial charge is 0.165 e. The van der Waals surface area contributed by atoms with Gasteiger partial charge in [0.05, 0.1) is 7.11 Å². The number of nitrogens with one attached hydrogen (secondary N) is 1. The molecule has 0 aliphatic rings. The molecule has 0 aliphatic carbocycles. The molecule has 1 N–H and O–H groups in total. The second kappa shape index (κ2) is 8.09. The first-order valence-electron chi connectivity index (χ1n) is 6.77. The molecule has 0 radical (unpaired) electrons. The van der Waals surface area contributed by atoms with Crippen LogP contribution >= 0.6 is 0 Å². The molecule has 0 amide bonds. The summed E-state index contributed by atoms with van der Waals surface area (Å²) in [5, 5.41) is 3.46. The second-order valence-corrected chi connectivity index (χ2v) is 4.57. The fourth-order valence-electron chi connectivity index (χ4n) is 2.14. The fourth-order valence-corrected chi connectivity index (χ4v) is 2.14. The maximum absolute atomic E-state index is 13.6. The summed E-state index contributed by atoms with van der Waals surface area (Å²) in [5.74, 6) is 0.0352. The summed E-state index contributed by atoms with van der Waals surface area (Å²) >= 11 is 0. The molecular formula is C15H24FNO. The van der Waals surface area contributed by atoms with Crippen LogP contribution in [0.2, 0.25) is 0 Å². The highest BCUT2D eigenvalue weighted by Gasteiger charge is 2.10. The number of unbranched alkanes of at least 4 members (excludes halogenated alkanes) is 1. The molecule has 0 aromatic heterocycles. The van der Waals surface area contributed by atoms with Gasteiger partial charge in [-0.15, -0.1) is 0 Å². The first kappa shape index (κ1) is 15.0. The lowest BCUT2D eigenvalue weighted by Gasteiger charge is -2.18. The maximum Gasteiger partial charge on any atom is 0.165 e. The van der Waals surface area contributed by atoms with E-state index in [2.05, 4.69) is 19.2 Å². The van der Waals surface area contributed by atoms with Gasteiger partial charge < -0.3 is 10.1 Å². The first-order chi connectivity index (χ1) is 8.71. The predicted octanol–water partition coefficient (Wildman–Crippen LogP) is 3.55. The average Bonchev–Trinajstić information content (AvgIpc) is 2.36. The highest BCUT2D eigenvalue weighted by molar-refractivity contribution is 5.29. The van der Waals surface area contributed by atoms with Gasteiger partial charge in [-0.3, -0.25) is 0 Å². The molecule has 0 aliphatic heterocycles. The molecule has 1 atom stereocenters. The van der Waals surface area contributed by atoms with Crippen molar-refractivity contribution in [3.63, 3.8) is 0 Å². The number of halogens is 1. The molecule has 0 fully saturated rings. The van der Waals surface area contributed by atoms with E-state index in [9.17, 15) is 4.39 Å². The normalized spacial score (nSPS) is 12.4. The largest absolute Gasteiger partial charge is 0.494 e. The van der Waals surface area contributed by atoms with E-state index in [0.717, 1.165) is 24.9 Å². The third-order valence-electron chi connectivity index (χ3n) is 3.10. The Kier molecular flexibility index (Phi) is 6.73. The summed E-state index contributed by atoms with van der Waals surface area (Å²) in [7, 11) is 1.49. The van der Waals surface area contributed by atoms with Crippen LogP contribution in [0.15, 0.2) is 18.2 Å². The highest BCUT2D eigenvalue weighted by Crippen LogP contribution is 2.19. The van der Waals surface area contributed by atoms with E-state index in [1.807, 2.05) is 6.07 Å². The average molecular weight is 253 g/mol. The van der Waals surface area contributed by atoms with E-state index < -0.39 is 0 Å². The van der Waals surface area contributed by atoms with Crippen molar-refractivity contribution in [2.45, 2.75) is 45.6 Å². The second-order valence-electron chi connectivity index (χ2n) is 4.57. The SMILES string of the molecule is CCCCC(Cc1ccc(OC)c(F)c1)NCC. The molecule has 1 aromatic rings. The Bertz CT molecular complexity index is 354. The molecule has 18 heavy (non-hydrogen) atoms. The van der Waals surface area contributed by atoms with Crippen molar-refractivity contribution in [3.05, 3.63) is 29.6 Å². The number of benzene rings is 1. The minimum Gasteiger partial charge on any atom is -0.494 e. The van der Waals surface area contributed by atoms with Crippen molar-refractivity contribution in [2.24, 2.45) is 0 Å². The van der Waals surface area contributed by atoms with Crippen LogP contribution in [0.3, 0.4) is 0 Å². The van der Waals surface area contributed by atoms with Gasteiger partial charge in [0.15, 0.2) is 11.6 Å². The summed E-state index contributed by atoms with van der Waals surface area (Å²) in [6.07, 6.45) is 4.40. The Balaban J connectivity index is 2.64. The molecule has 0 heterocycles. The van der Waals surface area contributed by atoms with Gasteiger partial charge in [-0.2, -0.15) is 0 Å². The highest BCUT2D eigenvalue weighted by atomic mass is 19.1. The van der Waals surface area contributed by atoms with Crippen LogP contribution in [0, 0.1) is 5.82 Å². The lowest BCUT2D eigenvalue weighted by atomic mass is 10.0. The maximum atomic E-state index is 13.6. The van der Waals surface area contributed by atoms with E-state index in [-0.39, 0.29) is 5.82 Å². The molecule has 3 heteroatoms. The fraction of sp³-hybridized carbons (Fsp3) is 0.600. The quantitative estimate of drug-likeness (QED) is 0.765. The Morgan fingerprint density at radius 1 is 1.33 bits per heavy atom. The van der Waals surface area contributed by atoms with E-state index in [0.29, 0.717) is 11.8 Å². The summed E-state index contributed by atoms with van der Waals surface area (Å²) in [5.41, 5.74) is 1.02. The van der Waals surface area contributed by atoms with Gasteiger partial charge in [-0.25, -0.2) is 4.39 Å².